The first-order valence-electron chi connectivity index (χ1n) is 5.33. The maximum atomic E-state index is 13.7. The maximum absolute atomic E-state index is 13.7. The van der Waals surface area contributed by atoms with Crippen LogP contribution in [0.15, 0.2) is 22.7 Å². The smallest absolute Gasteiger partial charge is 0.129 e. The van der Waals surface area contributed by atoms with Gasteiger partial charge < -0.3 is 5.32 Å². The molecule has 15 heavy (non-hydrogen) atoms. The zero-order chi connectivity index (χ0) is 10.8. The van der Waals surface area contributed by atoms with Gasteiger partial charge in [0.1, 0.15) is 5.82 Å². The minimum absolute atomic E-state index is 0.121. The minimum atomic E-state index is -0.121. The van der Waals surface area contributed by atoms with Gasteiger partial charge in [-0.15, -0.1) is 0 Å². The van der Waals surface area contributed by atoms with E-state index in [0.717, 1.165) is 22.4 Å². The Balaban J connectivity index is 2.23. The highest BCUT2D eigenvalue weighted by molar-refractivity contribution is 9.10. The molecule has 0 spiro atoms. The number of halogens is 2. The molecule has 0 heterocycles. The highest BCUT2D eigenvalue weighted by atomic mass is 79.9. The first-order chi connectivity index (χ1) is 7.22. The highest BCUT2D eigenvalue weighted by Crippen LogP contribution is 2.39. The second-order valence-corrected chi connectivity index (χ2v) is 5.01. The lowest BCUT2D eigenvalue weighted by Crippen LogP contribution is -2.18. The molecule has 3 heteroatoms. The van der Waals surface area contributed by atoms with Crippen molar-refractivity contribution in [2.24, 2.45) is 5.92 Å². The van der Waals surface area contributed by atoms with Crippen LogP contribution in [0.25, 0.3) is 0 Å². The molecule has 1 nitrogen and oxygen atoms in total. The monoisotopic (exact) mass is 271 g/mol. The average molecular weight is 272 g/mol. The first kappa shape index (κ1) is 11.1. The van der Waals surface area contributed by atoms with Gasteiger partial charge in [0, 0.05) is 16.1 Å². The van der Waals surface area contributed by atoms with Crippen LogP contribution in [0.2, 0.25) is 0 Å². The molecule has 1 unspecified atom stereocenters. The molecule has 0 amide bonds. The number of rotatable bonds is 4. The molecule has 1 aromatic rings. The van der Waals surface area contributed by atoms with Crippen LogP contribution in [0.4, 0.5) is 4.39 Å². The van der Waals surface area contributed by atoms with Gasteiger partial charge in [0.2, 0.25) is 0 Å². The van der Waals surface area contributed by atoms with Crippen LogP contribution < -0.4 is 5.32 Å². The Kier molecular flexibility index (Phi) is 3.42. The van der Waals surface area contributed by atoms with Crippen molar-refractivity contribution in [1.82, 2.24) is 5.32 Å². The second-order valence-electron chi connectivity index (χ2n) is 4.16. The maximum Gasteiger partial charge on any atom is 0.129 e. The lowest BCUT2D eigenvalue weighted by Gasteiger charge is -2.18. The summed E-state index contributed by atoms with van der Waals surface area (Å²) in [5, 5.41) is 3.20. The third kappa shape index (κ3) is 2.58. The molecular formula is C12H15BrFN. The van der Waals surface area contributed by atoms with E-state index >= 15 is 0 Å². The van der Waals surface area contributed by atoms with Crippen LogP contribution in [-0.2, 0) is 0 Å². The normalized spacial score (nSPS) is 17.8. The van der Waals surface area contributed by atoms with E-state index < -0.39 is 0 Å². The van der Waals surface area contributed by atoms with Crippen LogP contribution in [0.3, 0.4) is 0 Å². The summed E-state index contributed by atoms with van der Waals surface area (Å²) in [6, 6.07) is 5.29. The third-order valence-electron chi connectivity index (χ3n) is 2.96. The summed E-state index contributed by atoms with van der Waals surface area (Å²) in [6.07, 6.45) is 3.63. The van der Waals surface area contributed by atoms with Gasteiger partial charge in [-0.05, 0) is 31.5 Å². The molecule has 1 aliphatic rings. The Bertz CT molecular complexity index is 329. The SMILES string of the molecule is CNC(CC1CC1)c1c(F)cccc1Br. The molecule has 0 aliphatic heterocycles. The van der Waals surface area contributed by atoms with Crippen molar-refractivity contribution >= 4 is 15.9 Å². The second kappa shape index (κ2) is 4.62. The Morgan fingerprint density at radius 1 is 1.53 bits per heavy atom. The fraction of sp³-hybridized carbons (Fsp3) is 0.500. The molecule has 0 bridgehead atoms. The van der Waals surface area contributed by atoms with Gasteiger partial charge in [-0.3, -0.25) is 0 Å². The molecule has 0 saturated heterocycles. The predicted octanol–water partition coefficient (Wildman–Crippen LogP) is 3.65. The molecule has 82 valence electrons. The molecule has 1 atom stereocenters. The van der Waals surface area contributed by atoms with Gasteiger partial charge in [0.25, 0.3) is 0 Å². The van der Waals surface area contributed by atoms with Crippen molar-refractivity contribution in [3.8, 4) is 0 Å². The summed E-state index contributed by atoms with van der Waals surface area (Å²) in [7, 11) is 1.89. The largest absolute Gasteiger partial charge is 0.313 e. The van der Waals surface area contributed by atoms with E-state index in [-0.39, 0.29) is 11.9 Å². The molecular weight excluding hydrogens is 257 g/mol. The van der Waals surface area contributed by atoms with Crippen molar-refractivity contribution in [1.29, 1.82) is 0 Å². The van der Waals surface area contributed by atoms with Crippen molar-refractivity contribution in [2.45, 2.75) is 25.3 Å². The van der Waals surface area contributed by atoms with Crippen molar-refractivity contribution in [3.05, 3.63) is 34.1 Å². The van der Waals surface area contributed by atoms with E-state index in [1.54, 1.807) is 6.07 Å². The molecule has 0 radical (unpaired) electrons. The van der Waals surface area contributed by atoms with E-state index in [0.29, 0.717) is 0 Å². The zero-order valence-corrected chi connectivity index (χ0v) is 10.3. The summed E-state index contributed by atoms with van der Waals surface area (Å²) >= 11 is 3.42. The van der Waals surface area contributed by atoms with Gasteiger partial charge in [-0.25, -0.2) is 4.39 Å². The zero-order valence-electron chi connectivity index (χ0n) is 8.76. The highest BCUT2D eigenvalue weighted by Gasteiger charge is 2.27. The fourth-order valence-electron chi connectivity index (χ4n) is 1.91. The quantitative estimate of drug-likeness (QED) is 0.882. The topological polar surface area (TPSA) is 12.0 Å². The van der Waals surface area contributed by atoms with Crippen molar-refractivity contribution < 1.29 is 4.39 Å². The van der Waals surface area contributed by atoms with Crippen LogP contribution in [0, 0.1) is 11.7 Å². The molecule has 1 saturated carbocycles. The summed E-state index contributed by atoms with van der Waals surface area (Å²) in [5.41, 5.74) is 0.770. The van der Waals surface area contributed by atoms with Crippen LogP contribution in [0.5, 0.6) is 0 Å². The molecule has 1 N–H and O–H groups in total. The van der Waals surface area contributed by atoms with Gasteiger partial charge >= 0.3 is 0 Å². The van der Waals surface area contributed by atoms with Crippen LogP contribution in [-0.4, -0.2) is 7.05 Å². The lowest BCUT2D eigenvalue weighted by atomic mass is 10.0. The minimum Gasteiger partial charge on any atom is -0.313 e. The molecule has 1 aromatic carbocycles. The summed E-state index contributed by atoms with van der Waals surface area (Å²) < 4.78 is 14.6. The number of hydrogen-bond donors (Lipinski definition) is 1. The van der Waals surface area contributed by atoms with E-state index in [9.17, 15) is 4.39 Å². The number of hydrogen-bond acceptors (Lipinski definition) is 1. The van der Waals surface area contributed by atoms with Crippen LogP contribution in [0.1, 0.15) is 30.9 Å². The average Bonchev–Trinajstić information content (AvgIpc) is 2.99. The van der Waals surface area contributed by atoms with Crippen molar-refractivity contribution in [3.63, 3.8) is 0 Å². The predicted molar refractivity (Wildman–Crippen MR) is 63.2 cm³/mol. The molecule has 1 aliphatic carbocycles. The first-order valence-corrected chi connectivity index (χ1v) is 6.13. The standard InChI is InChI=1S/C12H15BrFN/c1-15-11(7-8-5-6-8)12-9(13)3-2-4-10(12)14/h2-4,8,11,15H,5-7H2,1H3. The van der Waals surface area contributed by atoms with E-state index in [1.165, 1.54) is 18.9 Å². The van der Waals surface area contributed by atoms with Gasteiger partial charge in [-0.2, -0.15) is 0 Å². The summed E-state index contributed by atoms with van der Waals surface area (Å²) in [6.45, 7) is 0. The van der Waals surface area contributed by atoms with E-state index in [1.807, 2.05) is 13.1 Å². The fourth-order valence-corrected chi connectivity index (χ4v) is 2.53. The Morgan fingerprint density at radius 2 is 2.27 bits per heavy atom. The van der Waals surface area contributed by atoms with E-state index in [2.05, 4.69) is 21.2 Å². The molecule has 1 fully saturated rings. The Morgan fingerprint density at radius 3 is 2.80 bits per heavy atom. The van der Waals surface area contributed by atoms with Gasteiger partial charge in [0.15, 0.2) is 0 Å². The molecule has 2 rings (SSSR count). The summed E-state index contributed by atoms with van der Waals surface area (Å²) in [5.74, 6) is 0.665. The van der Waals surface area contributed by atoms with Gasteiger partial charge in [-0.1, -0.05) is 34.8 Å². The number of benzene rings is 1. The molecule has 0 aromatic heterocycles. The van der Waals surface area contributed by atoms with Crippen LogP contribution >= 0.6 is 15.9 Å². The Labute approximate surface area is 98.2 Å². The third-order valence-corrected chi connectivity index (χ3v) is 3.65. The van der Waals surface area contributed by atoms with Gasteiger partial charge in [0.05, 0.1) is 0 Å². The summed E-state index contributed by atoms with van der Waals surface area (Å²) in [4.78, 5) is 0. The number of nitrogens with one attached hydrogen (secondary N) is 1. The van der Waals surface area contributed by atoms with E-state index in [4.69, 9.17) is 0 Å². The Hall–Kier alpha value is -0.410. The lowest BCUT2D eigenvalue weighted by molar-refractivity contribution is 0.483. The van der Waals surface area contributed by atoms with Crippen molar-refractivity contribution in [2.75, 3.05) is 7.05 Å².